The highest BCUT2D eigenvalue weighted by Crippen LogP contribution is 2.36. The van der Waals surface area contributed by atoms with Crippen LogP contribution in [0.15, 0.2) is 21.6 Å². The van der Waals surface area contributed by atoms with E-state index in [4.69, 9.17) is 9.56 Å². The van der Waals surface area contributed by atoms with Crippen LogP contribution in [0.25, 0.3) is 0 Å². The number of nitrogens with two attached hydrogens (primary N) is 1. The topological polar surface area (TPSA) is 85.3 Å². The minimum absolute atomic E-state index is 0.175. The molecule has 1 aliphatic carbocycles. The zero-order chi connectivity index (χ0) is 13.2. The fourth-order valence-electron chi connectivity index (χ4n) is 2.50. The van der Waals surface area contributed by atoms with Gasteiger partial charge in [-0.1, -0.05) is 19.8 Å². The van der Waals surface area contributed by atoms with Crippen LogP contribution < -0.4 is 10.5 Å². The van der Waals surface area contributed by atoms with Crippen LogP contribution in [0.1, 0.15) is 38.4 Å². The summed E-state index contributed by atoms with van der Waals surface area (Å²) in [6.07, 6.45) is 5.10. The fraction of sp³-hybridized carbons (Fsp3) is 0.667. The van der Waals surface area contributed by atoms with E-state index in [-0.39, 0.29) is 5.09 Å². The average Bonchev–Trinajstić information content (AvgIpc) is 2.87. The molecule has 1 heterocycles. The summed E-state index contributed by atoms with van der Waals surface area (Å²) in [6.45, 7) is 3.74. The Labute approximate surface area is 108 Å². The lowest BCUT2D eigenvalue weighted by Gasteiger charge is -2.23. The summed E-state index contributed by atoms with van der Waals surface area (Å²) in [7, 11) is -3.73. The maximum atomic E-state index is 11.0. The second-order valence-electron chi connectivity index (χ2n) is 5.39. The van der Waals surface area contributed by atoms with E-state index in [1.165, 1.54) is 31.7 Å². The second kappa shape index (κ2) is 5.03. The van der Waals surface area contributed by atoms with Crippen LogP contribution in [0.4, 0.5) is 0 Å². The molecule has 0 radical (unpaired) electrons. The van der Waals surface area contributed by atoms with Crippen molar-refractivity contribution in [2.24, 2.45) is 10.6 Å². The molecule has 18 heavy (non-hydrogen) atoms. The highest BCUT2D eigenvalue weighted by molar-refractivity contribution is 7.89. The zero-order valence-corrected chi connectivity index (χ0v) is 11.4. The Morgan fingerprint density at radius 3 is 2.61 bits per heavy atom. The smallest absolute Gasteiger partial charge is 0.271 e. The lowest BCUT2D eigenvalue weighted by atomic mass is 9.89. The first kappa shape index (κ1) is 13.6. The van der Waals surface area contributed by atoms with Gasteiger partial charge in [-0.15, -0.1) is 0 Å². The van der Waals surface area contributed by atoms with Crippen molar-refractivity contribution >= 4 is 10.0 Å². The van der Waals surface area contributed by atoms with E-state index in [0.29, 0.717) is 17.7 Å². The molecule has 0 aliphatic heterocycles. The van der Waals surface area contributed by atoms with Crippen molar-refractivity contribution in [1.82, 2.24) is 5.32 Å². The van der Waals surface area contributed by atoms with E-state index in [2.05, 4.69) is 12.2 Å². The maximum Gasteiger partial charge on any atom is 0.271 e. The quantitative estimate of drug-likeness (QED) is 0.852. The highest BCUT2D eigenvalue weighted by atomic mass is 32.2. The minimum Gasteiger partial charge on any atom is -0.447 e. The molecular weight excluding hydrogens is 252 g/mol. The van der Waals surface area contributed by atoms with Gasteiger partial charge in [0.1, 0.15) is 5.76 Å². The first-order valence-electron chi connectivity index (χ1n) is 6.21. The van der Waals surface area contributed by atoms with Gasteiger partial charge < -0.3 is 9.73 Å². The molecule has 2 rings (SSSR count). The van der Waals surface area contributed by atoms with Crippen LogP contribution >= 0.6 is 0 Å². The van der Waals surface area contributed by atoms with E-state index < -0.39 is 10.0 Å². The molecule has 1 aliphatic rings. The van der Waals surface area contributed by atoms with Crippen LogP contribution in [0.5, 0.6) is 0 Å². The molecule has 1 aromatic rings. The van der Waals surface area contributed by atoms with Gasteiger partial charge in [0.15, 0.2) is 0 Å². The Morgan fingerprint density at radius 2 is 2.06 bits per heavy atom. The summed E-state index contributed by atoms with van der Waals surface area (Å²) in [5, 5.41) is 8.12. The normalized spacial score (nSPS) is 19.2. The SMILES string of the molecule is CC1(CNCc2ccc(S(N)(=O)=O)o2)CCCC1. The Morgan fingerprint density at radius 1 is 1.39 bits per heavy atom. The van der Waals surface area contributed by atoms with Crippen molar-refractivity contribution in [3.63, 3.8) is 0 Å². The number of furan rings is 1. The van der Waals surface area contributed by atoms with E-state index in [0.717, 1.165) is 6.54 Å². The van der Waals surface area contributed by atoms with Gasteiger partial charge in [0.25, 0.3) is 10.0 Å². The molecule has 0 amide bonds. The summed E-state index contributed by atoms with van der Waals surface area (Å²) in [4.78, 5) is 0. The van der Waals surface area contributed by atoms with Crippen LogP contribution in [-0.2, 0) is 16.6 Å². The lowest BCUT2D eigenvalue weighted by molar-refractivity contribution is 0.305. The van der Waals surface area contributed by atoms with Crippen molar-refractivity contribution in [2.45, 2.75) is 44.2 Å². The van der Waals surface area contributed by atoms with Gasteiger partial charge in [-0.25, -0.2) is 13.6 Å². The number of hydrogen-bond donors (Lipinski definition) is 2. The van der Waals surface area contributed by atoms with Gasteiger partial charge in [-0.3, -0.25) is 0 Å². The molecule has 0 saturated heterocycles. The Bertz CT molecular complexity index is 501. The van der Waals surface area contributed by atoms with Crippen LogP contribution in [0.2, 0.25) is 0 Å². The summed E-state index contributed by atoms with van der Waals surface area (Å²) < 4.78 is 27.3. The van der Waals surface area contributed by atoms with Crippen molar-refractivity contribution in [2.75, 3.05) is 6.54 Å². The molecule has 0 atom stereocenters. The second-order valence-corrected chi connectivity index (χ2v) is 6.88. The highest BCUT2D eigenvalue weighted by Gasteiger charge is 2.27. The predicted molar refractivity (Wildman–Crippen MR) is 68.4 cm³/mol. The van der Waals surface area contributed by atoms with E-state index in [9.17, 15) is 8.42 Å². The van der Waals surface area contributed by atoms with Gasteiger partial charge in [0.2, 0.25) is 5.09 Å². The van der Waals surface area contributed by atoms with Gasteiger partial charge >= 0.3 is 0 Å². The van der Waals surface area contributed by atoms with Crippen molar-refractivity contribution in [3.8, 4) is 0 Å². The Hall–Kier alpha value is -0.850. The molecular formula is C12H20N2O3S. The average molecular weight is 272 g/mol. The molecule has 0 spiro atoms. The molecule has 5 nitrogen and oxygen atoms in total. The number of nitrogens with one attached hydrogen (secondary N) is 1. The van der Waals surface area contributed by atoms with E-state index in [1.807, 2.05) is 0 Å². The molecule has 0 aromatic carbocycles. The molecule has 6 heteroatoms. The Kier molecular flexibility index (Phi) is 3.79. The minimum atomic E-state index is -3.73. The molecule has 1 fully saturated rings. The summed E-state index contributed by atoms with van der Waals surface area (Å²) in [5.74, 6) is 0.598. The number of rotatable bonds is 5. The third-order valence-corrected chi connectivity index (χ3v) is 4.36. The molecule has 0 unspecified atom stereocenters. The molecule has 0 bridgehead atoms. The van der Waals surface area contributed by atoms with Crippen molar-refractivity contribution in [3.05, 3.63) is 17.9 Å². The van der Waals surface area contributed by atoms with Gasteiger partial charge in [-0.05, 0) is 30.4 Å². The van der Waals surface area contributed by atoms with Gasteiger partial charge in [0, 0.05) is 6.54 Å². The van der Waals surface area contributed by atoms with Gasteiger partial charge in [0.05, 0.1) is 6.54 Å². The predicted octanol–water partition coefficient (Wildman–Crippen LogP) is 1.60. The lowest BCUT2D eigenvalue weighted by Crippen LogP contribution is -2.29. The maximum absolute atomic E-state index is 11.0. The van der Waals surface area contributed by atoms with Crippen LogP contribution in [0.3, 0.4) is 0 Å². The molecule has 1 saturated carbocycles. The van der Waals surface area contributed by atoms with Gasteiger partial charge in [-0.2, -0.15) is 0 Å². The zero-order valence-electron chi connectivity index (χ0n) is 10.6. The summed E-state index contributed by atoms with van der Waals surface area (Å²) in [5.41, 5.74) is 0.370. The molecule has 102 valence electrons. The van der Waals surface area contributed by atoms with Crippen molar-refractivity contribution in [1.29, 1.82) is 0 Å². The molecule has 1 aromatic heterocycles. The first-order valence-corrected chi connectivity index (χ1v) is 7.76. The largest absolute Gasteiger partial charge is 0.447 e. The number of sulfonamides is 1. The third-order valence-electron chi connectivity index (χ3n) is 3.58. The number of hydrogen-bond acceptors (Lipinski definition) is 4. The Balaban J connectivity index is 1.85. The van der Waals surface area contributed by atoms with Crippen molar-refractivity contribution < 1.29 is 12.8 Å². The summed E-state index contributed by atoms with van der Waals surface area (Å²) >= 11 is 0. The van der Waals surface area contributed by atoms with E-state index >= 15 is 0 Å². The third kappa shape index (κ3) is 3.34. The first-order chi connectivity index (χ1) is 8.39. The van der Waals surface area contributed by atoms with Crippen LogP contribution in [0, 0.1) is 5.41 Å². The monoisotopic (exact) mass is 272 g/mol. The number of primary sulfonamides is 1. The standard InChI is InChI=1S/C12H20N2O3S/c1-12(6-2-3-7-12)9-14-8-10-4-5-11(17-10)18(13,15)16/h4-5,14H,2-3,6-9H2,1H3,(H2,13,15,16). The van der Waals surface area contributed by atoms with E-state index in [1.54, 1.807) is 6.07 Å². The summed E-state index contributed by atoms with van der Waals surface area (Å²) in [6, 6.07) is 3.04. The molecule has 3 N–H and O–H groups in total. The van der Waals surface area contributed by atoms with Crippen LogP contribution in [-0.4, -0.2) is 15.0 Å². The fourth-order valence-corrected chi connectivity index (χ4v) is 2.98.